The summed E-state index contributed by atoms with van der Waals surface area (Å²) in [6.07, 6.45) is 3.67. The van der Waals surface area contributed by atoms with Gasteiger partial charge in [-0.15, -0.1) is 0 Å². The molecular weight excluding hydrogens is 274 g/mol. The lowest BCUT2D eigenvalue weighted by Gasteiger charge is -2.31. The molecule has 1 aromatic carbocycles. The van der Waals surface area contributed by atoms with Crippen LogP contribution in [0.15, 0.2) is 12.1 Å². The molecule has 1 aliphatic heterocycles. The summed E-state index contributed by atoms with van der Waals surface area (Å²) in [5, 5.41) is 2.63. The standard InChI is InChI=1S/C16H22F2N2O/c1-11-6-7-14(17)13(16(11)18)10-19-15(21)9-12-5-3-4-8-20(12)2/h6-7,12H,3-5,8-10H2,1-2H3,(H,19,21). The van der Waals surface area contributed by atoms with Crippen LogP contribution in [0.25, 0.3) is 0 Å². The first-order valence-electron chi connectivity index (χ1n) is 7.39. The van der Waals surface area contributed by atoms with Gasteiger partial charge in [-0.3, -0.25) is 4.79 Å². The highest BCUT2D eigenvalue weighted by Gasteiger charge is 2.22. The largest absolute Gasteiger partial charge is 0.352 e. The molecule has 0 bridgehead atoms. The molecule has 1 aliphatic rings. The van der Waals surface area contributed by atoms with Crippen molar-refractivity contribution in [1.82, 2.24) is 10.2 Å². The Hall–Kier alpha value is -1.49. The average Bonchev–Trinajstić information content (AvgIpc) is 2.45. The van der Waals surface area contributed by atoms with E-state index >= 15 is 0 Å². The van der Waals surface area contributed by atoms with Gasteiger partial charge in [0, 0.05) is 24.6 Å². The van der Waals surface area contributed by atoms with Crippen molar-refractivity contribution < 1.29 is 13.6 Å². The van der Waals surface area contributed by atoms with E-state index in [0.717, 1.165) is 25.8 Å². The third-order valence-electron chi connectivity index (χ3n) is 4.18. The summed E-state index contributed by atoms with van der Waals surface area (Å²) < 4.78 is 27.4. The Morgan fingerprint density at radius 3 is 2.86 bits per heavy atom. The van der Waals surface area contributed by atoms with Crippen LogP contribution in [-0.2, 0) is 11.3 Å². The maximum absolute atomic E-state index is 13.8. The highest BCUT2D eigenvalue weighted by Crippen LogP contribution is 2.18. The minimum atomic E-state index is -0.617. The fourth-order valence-corrected chi connectivity index (χ4v) is 2.75. The Kier molecular flexibility index (Phi) is 5.28. The van der Waals surface area contributed by atoms with Crippen molar-refractivity contribution in [3.63, 3.8) is 0 Å². The lowest BCUT2D eigenvalue weighted by Crippen LogP contribution is -2.40. The van der Waals surface area contributed by atoms with Crippen molar-refractivity contribution >= 4 is 5.91 Å². The summed E-state index contributed by atoms with van der Waals surface area (Å²) in [6, 6.07) is 2.85. The van der Waals surface area contributed by atoms with E-state index < -0.39 is 11.6 Å². The van der Waals surface area contributed by atoms with Crippen molar-refractivity contribution in [3.8, 4) is 0 Å². The number of benzene rings is 1. The monoisotopic (exact) mass is 296 g/mol. The molecule has 1 atom stereocenters. The van der Waals surface area contributed by atoms with E-state index in [9.17, 15) is 13.6 Å². The van der Waals surface area contributed by atoms with Gasteiger partial charge in [0.25, 0.3) is 0 Å². The van der Waals surface area contributed by atoms with Crippen molar-refractivity contribution in [3.05, 3.63) is 34.9 Å². The third-order valence-corrected chi connectivity index (χ3v) is 4.18. The number of nitrogens with one attached hydrogen (secondary N) is 1. The van der Waals surface area contributed by atoms with E-state index in [2.05, 4.69) is 10.2 Å². The van der Waals surface area contributed by atoms with Gasteiger partial charge in [0.15, 0.2) is 0 Å². The minimum Gasteiger partial charge on any atom is -0.352 e. The smallest absolute Gasteiger partial charge is 0.221 e. The van der Waals surface area contributed by atoms with Gasteiger partial charge in [-0.2, -0.15) is 0 Å². The SMILES string of the molecule is Cc1ccc(F)c(CNC(=O)CC2CCCCN2C)c1F. The van der Waals surface area contributed by atoms with Gasteiger partial charge in [0.2, 0.25) is 5.91 Å². The highest BCUT2D eigenvalue weighted by molar-refractivity contribution is 5.76. The van der Waals surface area contributed by atoms with Crippen molar-refractivity contribution in [2.75, 3.05) is 13.6 Å². The number of amides is 1. The normalized spacial score (nSPS) is 19.5. The van der Waals surface area contributed by atoms with Gasteiger partial charge in [0.1, 0.15) is 11.6 Å². The Labute approximate surface area is 124 Å². The first-order chi connectivity index (χ1) is 9.99. The van der Waals surface area contributed by atoms with Crippen LogP contribution < -0.4 is 5.32 Å². The van der Waals surface area contributed by atoms with E-state index in [1.807, 2.05) is 7.05 Å². The number of hydrogen-bond acceptors (Lipinski definition) is 2. The topological polar surface area (TPSA) is 32.3 Å². The van der Waals surface area contributed by atoms with Crippen LogP contribution in [0.5, 0.6) is 0 Å². The number of carbonyl (C=O) groups excluding carboxylic acids is 1. The molecule has 21 heavy (non-hydrogen) atoms. The van der Waals surface area contributed by atoms with E-state index in [1.54, 1.807) is 6.92 Å². The van der Waals surface area contributed by atoms with Crippen LogP contribution in [0, 0.1) is 18.6 Å². The first-order valence-corrected chi connectivity index (χ1v) is 7.39. The number of nitrogens with zero attached hydrogens (tertiary/aromatic N) is 1. The zero-order chi connectivity index (χ0) is 15.4. The van der Waals surface area contributed by atoms with Gasteiger partial charge in [0.05, 0.1) is 0 Å². The molecule has 0 spiro atoms. The average molecular weight is 296 g/mol. The molecule has 0 aromatic heterocycles. The molecule has 1 aromatic rings. The Morgan fingerprint density at radius 1 is 1.38 bits per heavy atom. The second-order valence-electron chi connectivity index (χ2n) is 5.77. The summed E-state index contributed by atoms with van der Waals surface area (Å²) in [5.74, 6) is -1.35. The van der Waals surface area contributed by atoms with Crippen LogP contribution in [0.4, 0.5) is 8.78 Å². The third kappa shape index (κ3) is 4.00. The molecule has 5 heteroatoms. The van der Waals surface area contributed by atoms with Crippen LogP contribution >= 0.6 is 0 Å². The first kappa shape index (κ1) is 15.9. The maximum Gasteiger partial charge on any atom is 0.221 e. The summed E-state index contributed by atoms with van der Waals surface area (Å²) in [4.78, 5) is 14.1. The number of rotatable bonds is 4. The molecule has 0 radical (unpaired) electrons. The van der Waals surface area contributed by atoms with Crippen molar-refractivity contribution in [1.29, 1.82) is 0 Å². The van der Waals surface area contributed by atoms with Gasteiger partial charge in [-0.1, -0.05) is 12.5 Å². The molecule has 1 N–H and O–H groups in total. The number of hydrogen-bond donors (Lipinski definition) is 1. The van der Waals surface area contributed by atoms with Crippen LogP contribution in [0.3, 0.4) is 0 Å². The summed E-state index contributed by atoms with van der Waals surface area (Å²) in [5.41, 5.74) is 0.313. The van der Waals surface area contributed by atoms with Gasteiger partial charge in [-0.25, -0.2) is 8.78 Å². The summed E-state index contributed by atoms with van der Waals surface area (Å²) in [7, 11) is 2.01. The zero-order valence-corrected chi connectivity index (χ0v) is 12.6. The van der Waals surface area contributed by atoms with Gasteiger partial charge < -0.3 is 10.2 Å². The molecule has 1 amide bonds. The van der Waals surface area contributed by atoms with Crippen LogP contribution in [-0.4, -0.2) is 30.4 Å². The Morgan fingerprint density at radius 2 is 2.14 bits per heavy atom. The molecule has 2 rings (SSSR count). The van der Waals surface area contributed by atoms with Crippen LogP contribution in [0.1, 0.15) is 36.8 Å². The second-order valence-corrected chi connectivity index (χ2v) is 5.77. The predicted octanol–water partition coefficient (Wildman–Crippen LogP) is 2.76. The molecule has 116 valence electrons. The van der Waals surface area contributed by atoms with E-state index in [0.29, 0.717) is 12.0 Å². The number of piperidine rings is 1. The lowest BCUT2D eigenvalue weighted by molar-refractivity contribution is -0.122. The quantitative estimate of drug-likeness (QED) is 0.926. The lowest BCUT2D eigenvalue weighted by atomic mass is 10.00. The molecular formula is C16H22F2N2O. The van der Waals surface area contributed by atoms with E-state index in [-0.39, 0.29) is 24.1 Å². The Balaban J connectivity index is 1.91. The van der Waals surface area contributed by atoms with E-state index in [1.165, 1.54) is 12.1 Å². The maximum atomic E-state index is 13.8. The highest BCUT2D eigenvalue weighted by atomic mass is 19.1. The number of likely N-dealkylation sites (tertiary alicyclic amines) is 1. The fourth-order valence-electron chi connectivity index (χ4n) is 2.75. The fraction of sp³-hybridized carbons (Fsp3) is 0.562. The molecule has 0 aliphatic carbocycles. The molecule has 1 unspecified atom stereocenters. The molecule has 1 saturated heterocycles. The predicted molar refractivity (Wildman–Crippen MR) is 77.8 cm³/mol. The van der Waals surface area contributed by atoms with Gasteiger partial charge >= 0.3 is 0 Å². The van der Waals surface area contributed by atoms with Crippen molar-refractivity contribution in [2.24, 2.45) is 0 Å². The molecule has 1 fully saturated rings. The molecule has 0 saturated carbocycles. The van der Waals surface area contributed by atoms with E-state index in [4.69, 9.17) is 0 Å². The Bertz CT molecular complexity index is 519. The molecule has 3 nitrogen and oxygen atoms in total. The summed E-state index contributed by atoms with van der Waals surface area (Å²) in [6.45, 7) is 2.48. The van der Waals surface area contributed by atoms with Crippen molar-refractivity contribution in [2.45, 2.75) is 45.2 Å². The number of halogens is 2. The molecule has 1 heterocycles. The van der Waals surface area contributed by atoms with Crippen LogP contribution in [0.2, 0.25) is 0 Å². The minimum absolute atomic E-state index is 0.0691. The zero-order valence-electron chi connectivity index (χ0n) is 12.6. The summed E-state index contributed by atoms with van der Waals surface area (Å²) >= 11 is 0. The number of aryl methyl sites for hydroxylation is 1. The second kappa shape index (κ2) is 6.98. The number of carbonyl (C=O) groups is 1. The van der Waals surface area contributed by atoms with Gasteiger partial charge in [-0.05, 0) is 45.0 Å².